The van der Waals surface area contributed by atoms with Gasteiger partial charge in [-0.25, -0.2) is 0 Å². The fraction of sp³-hybridized carbons (Fsp3) is 0.267. The van der Waals surface area contributed by atoms with Gasteiger partial charge in [0.15, 0.2) is 0 Å². The molecule has 0 saturated heterocycles. The molecule has 0 aliphatic rings. The summed E-state index contributed by atoms with van der Waals surface area (Å²) in [6.45, 7) is 0.843. The number of carbonyl (C=O) groups is 1. The first-order chi connectivity index (χ1) is 16.7. The molecular formula is C30H31N2O2-. The highest BCUT2D eigenvalue weighted by atomic mass is 16.4. The lowest BCUT2D eigenvalue weighted by atomic mass is 9.96. The molecule has 4 rings (SSSR count). The van der Waals surface area contributed by atoms with Crippen LogP contribution in [0.5, 0.6) is 0 Å². The Morgan fingerprint density at radius 1 is 0.647 bits per heavy atom. The number of hydrogen-bond donors (Lipinski definition) is 0. The van der Waals surface area contributed by atoms with Crippen molar-refractivity contribution in [1.29, 1.82) is 0 Å². The maximum atomic E-state index is 10.6. The van der Waals surface area contributed by atoms with Crippen LogP contribution in [0.3, 0.4) is 0 Å². The van der Waals surface area contributed by atoms with Crippen molar-refractivity contribution >= 4 is 5.97 Å². The van der Waals surface area contributed by atoms with Gasteiger partial charge in [-0.05, 0) is 24.8 Å². The van der Waals surface area contributed by atoms with Crippen molar-refractivity contribution in [2.45, 2.75) is 51.5 Å². The molecule has 0 unspecified atom stereocenters. The number of rotatable bonds is 12. The van der Waals surface area contributed by atoms with Gasteiger partial charge in [-0.3, -0.25) is 4.68 Å². The average molecular weight is 452 g/mol. The van der Waals surface area contributed by atoms with E-state index < -0.39 is 5.97 Å². The smallest absolute Gasteiger partial charge is 0.101 e. The van der Waals surface area contributed by atoms with Crippen molar-refractivity contribution in [3.63, 3.8) is 0 Å². The maximum absolute atomic E-state index is 10.6. The molecule has 1 heterocycles. The fourth-order valence-electron chi connectivity index (χ4n) is 4.43. The van der Waals surface area contributed by atoms with E-state index in [1.807, 2.05) is 18.2 Å². The normalized spacial score (nSPS) is 10.9. The van der Waals surface area contributed by atoms with E-state index in [9.17, 15) is 9.90 Å². The first-order valence-electron chi connectivity index (χ1n) is 12.2. The zero-order valence-corrected chi connectivity index (χ0v) is 19.5. The van der Waals surface area contributed by atoms with Crippen LogP contribution in [0, 0.1) is 0 Å². The van der Waals surface area contributed by atoms with Crippen molar-refractivity contribution in [3.8, 4) is 33.6 Å². The van der Waals surface area contributed by atoms with Crippen molar-refractivity contribution in [2.24, 2.45) is 0 Å². The monoisotopic (exact) mass is 451 g/mol. The zero-order valence-electron chi connectivity index (χ0n) is 19.5. The summed E-state index contributed by atoms with van der Waals surface area (Å²) in [5.41, 5.74) is 6.77. The Labute approximate surface area is 201 Å². The lowest BCUT2D eigenvalue weighted by Gasteiger charge is -2.11. The van der Waals surface area contributed by atoms with Crippen LogP contribution in [0.2, 0.25) is 0 Å². The minimum atomic E-state index is -0.949. The molecule has 0 fully saturated rings. The molecule has 0 aliphatic heterocycles. The number of unbranched alkanes of at least 4 members (excludes halogenated alkanes) is 5. The highest BCUT2D eigenvalue weighted by Crippen LogP contribution is 2.40. The zero-order chi connectivity index (χ0) is 23.6. The van der Waals surface area contributed by atoms with Crippen molar-refractivity contribution in [3.05, 3.63) is 91.0 Å². The number of aromatic nitrogens is 2. The van der Waals surface area contributed by atoms with Gasteiger partial charge in [0, 0.05) is 29.2 Å². The van der Waals surface area contributed by atoms with Crippen molar-refractivity contribution in [1.82, 2.24) is 9.78 Å². The Kier molecular flexibility index (Phi) is 8.28. The molecule has 4 nitrogen and oxygen atoms in total. The summed E-state index contributed by atoms with van der Waals surface area (Å²) in [6.07, 6.45) is 6.11. The third-order valence-corrected chi connectivity index (χ3v) is 6.11. The molecule has 0 atom stereocenters. The maximum Gasteiger partial charge on any atom is 0.101 e. The molecule has 0 saturated carbocycles. The van der Waals surface area contributed by atoms with Gasteiger partial charge in [-0.2, -0.15) is 5.10 Å². The molecule has 0 amide bonds. The van der Waals surface area contributed by atoms with E-state index in [1.54, 1.807) is 0 Å². The van der Waals surface area contributed by atoms with Crippen LogP contribution in [-0.4, -0.2) is 15.7 Å². The van der Waals surface area contributed by atoms with E-state index in [2.05, 4.69) is 77.5 Å². The minimum Gasteiger partial charge on any atom is -0.550 e. The summed E-state index contributed by atoms with van der Waals surface area (Å²) in [7, 11) is 0. The van der Waals surface area contributed by atoms with Crippen LogP contribution in [-0.2, 0) is 11.3 Å². The molecule has 0 spiro atoms. The summed E-state index contributed by atoms with van der Waals surface area (Å²) >= 11 is 0. The number of benzene rings is 3. The molecule has 0 bridgehead atoms. The first kappa shape index (κ1) is 23.5. The number of nitrogens with zero attached hydrogens (tertiary/aromatic N) is 2. The topological polar surface area (TPSA) is 57.9 Å². The van der Waals surface area contributed by atoms with Gasteiger partial charge in [0.2, 0.25) is 0 Å². The second-order valence-electron chi connectivity index (χ2n) is 8.64. The molecular weight excluding hydrogens is 420 g/mol. The summed E-state index contributed by atoms with van der Waals surface area (Å²) < 4.78 is 2.18. The Balaban J connectivity index is 1.61. The van der Waals surface area contributed by atoms with Gasteiger partial charge >= 0.3 is 0 Å². The number of carboxylic acid groups (broad SMARTS) is 1. The first-order valence-corrected chi connectivity index (χ1v) is 12.2. The Morgan fingerprint density at radius 2 is 1.15 bits per heavy atom. The molecule has 0 radical (unpaired) electrons. The summed E-state index contributed by atoms with van der Waals surface area (Å²) in [5, 5.41) is 15.7. The Morgan fingerprint density at radius 3 is 1.74 bits per heavy atom. The lowest BCUT2D eigenvalue weighted by Crippen LogP contribution is -2.21. The average Bonchev–Trinajstić information content (AvgIpc) is 3.26. The SMILES string of the molecule is O=C([O-])CCCCCCCCn1nc(-c2ccccc2)c(-c2ccccc2)c1-c1ccccc1. The standard InChI is InChI=1S/C30H32N2O2/c33-27(34)22-14-3-1-2-4-15-23-32-30(26-20-12-7-13-21-26)28(24-16-8-5-9-17-24)29(31-32)25-18-10-6-11-19-25/h5-13,16-21H,1-4,14-15,22-23H2,(H,33,34)/p-1. The highest BCUT2D eigenvalue weighted by Gasteiger charge is 2.21. The minimum absolute atomic E-state index is 0.165. The van der Waals surface area contributed by atoms with E-state index in [0.717, 1.165) is 55.6 Å². The molecule has 0 aliphatic carbocycles. The fourth-order valence-corrected chi connectivity index (χ4v) is 4.43. The van der Waals surface area contributed by atoms with E-state index in [-0.39, 0.29) is 6.42 Å². The second kappa shape index (κ2) is 12.0. The number of carbonyl (C=O) groups excluding carboxylic acids is 1. The van der Waals surface area contributed by atoms with Crippen LogP contribution in [0.4, 0.5) is 0 Å². The van der Waals surface area contributed by atoms with E-state index in [4.69, 9.17) is 5.10 Å². The van der Waals surface area contributed by atoms with Gasteiger partial charge in [0.25, 0.3) is 0 Å². The van der Waals surface area contributed by atoms with Gasteiger partial charge < -0.3 is 9.90 Å². The molecule has 174 valence electrons. The lowest BCUT2D eigenvalue weighted by molar-refractivity contribution is -0.305. The number of hydrogen-bond acceptors (Lipinski definition) is 3. The van der Waals surface area contributed by atoms with Gasteiger partial charge in [-0.1, -0.05) is 117 Å². The summed E-state index contributed by atoms with van der Waals surface area (Å²) in [4.78, 5) is 10.6. The van der Waals surface area contributed by atoms with Crippen LogP contribution in [0.1, 0.15) is 44.9 Å². The number of aliphatic carboxylic acids is 1. The van der Waals surface area contributed by atoms with E-state index in [0.29, 0.717) is 6.42 Å². The predicted molar refractivity (Wildman–Crippen MR) is 136 cm³/mol. The van der Waals surface area contributed by atoms with Crippen molar-refractivity contribution < 1.29 is 9.90 Å². The highest BCUT2D eigenvalue weighted by molar-refractivity contribution is 5.91. The molecule has 4 aromatic rings. The quantitative estimate of drug-likeness (QED) is 0.235. The van der Waals surface area contributed by atoms with Crippen molar-refractivity contribution in [2.75, 3.05) is 0 Å². The van der Waals surface area contributed by atoms with Crippen LogP contribution in [0.25, 0.3) is 33.6 Å². The van der Waals surface area contributed by atoms with Crippen LogP contribution < -0.4 is 5.11 Å². The van der Waals surface area contributed by atoms with E-state index in [1.165, 1.54) is 16.7 Å². The number of carboxylic acids is 1. The van der Waals surface area contributed by atoms with Crippen LogP contribution >= 0.6 is 0 Å². The summed E-state index contributed by atoms with van der Waals surface area (Å²) in [5.74, 6) is -0.949. The molecule has 0 N–H and O–H groups in total. The second-order valence-corrected chi connectivity index (χ2v) is 8.64. The third kappa shape index (κ3) is 6.02. The summed E-state index contributed by atoms with van der Waals surface area (Å²) in [6, 6.07) is 31.5. The molecule has 3 aromatic carbocycles. The largest absolute Gasteiger partial charge is 0.550 e. The Hall–Kier alpha value is -3.66. The molecule has 34 heavy (non-hydrogen) atoms. The Bertz CT molecular complexity index is 1170. The van der Waals surface area contributed by atoms with Gasteiger partial charge in [0.1, 0.15) is 5.69 Å². The molecule has 1 aromatic heterocycles. The van der Waals surface area contributed by atoms with E-state index >= 15 is 0 Å². The predicted octanol–water partition coefficient (Wildman–Crippen LogP) is 6.36. The third-order valence-electron chi connectivity index (χ3n) is 6.11. The van der Waals surface area contributed by atoms with Crippen LogP contribution in [0.15, 0.2) is 91.0 Å². The number of aryl methyl sites for hydroxylation is 1. The van der Waals surface area contributed by atoms with Gasteiger partial charge in [0.05, 0.1) is 5.69 Å². The van der Waals surface area contributed by atoms with Gasteiger partial charge in [-0.15, -0.1) is 0 Å². The molecule has 4 heteroatoms.